The second-order valence-electron chi connectivity index (χ2n) is 2.27. The van der Waals surface area contributed by atoms with Crippen molar-refractivity contribution in [1.29, 1.82) is 5.26 Å². The summed E-state index contributed by atoms with van der Waals surface area (Å²) in [6, 6.07) is 11.3. The van der Waals surface area contributed by atoms with E-state index in [-0.39, 0.29) is 12.5 Å². The molecule has 0 aliphatic rings. The van der Waals surface area contributed by atoms with Gasteiger partial charge in [-0.3, -0.25) is 0 Å². The lowest BCUT2D eigenvalue weighted by Crippen LogP contribution is -1.99. The molecule has 0 unspecified atom stereocenters. The second kappa shape index (κ2) is 3.75. The van der Waals surface area contributed by atoms with Crippen molar-refractivity contribution in [1.82, 2.24) is 0 Å². The van der Waals surface area contributed by atoms with Crippen molar-refractivity contribution in [2.45, 2.75) is 5.92 Å². The van der Waals surface area contributed by atoms with Crippen LogP contribution in [0.1, 0.15) is 11.5 Å². The molecular weight excluding hydrogens is 138 g/mol. The highest BCUT2D eigenvalue weighted by molar-refractivity contribution is 5.24. The van der Waals surface area contributed by atoms with Crippen molar-refractivity contribution in [3.63, 3.8) is 0 Å². The van der Waals surface area contributed by atoms with Crippen molar-refractivity contribution >= 4 is 0 Å². The average Bonchev–Trinajstić information content (AvgIpc) is 2.09. The fourth-order valence-electron chi connectivity index (χ4n) is 0.906. The second-order valence-corrected chi connectivity index (χ2v) is 2.27. The van der Waals surface area contributed by atoms with Crippen molar-refractivity contribution < 1.29 is 5.11 Å². The number of rotatable bonds is 2. The minimum atomic E-state index is -0.379. The van der Waals surface area contributed by atoms with Gasteiger partial charge in [0, 0.05) is 0 Å². The van der Waals surface area contributed by atoms with E-state index >= 15 is 0 Å². The van der Waals surface area contributed by atoms with E-state index in [0.717, 1.165) is 5.56 Å². The molecule has 1 rings (SSSR count). The maximum absolute atomic E-state index is 8.76. The molecule has 0 bridgehead atoms. The van der Waals surface area contributed by atoms with Crippen LogP contribution < -0.4 is 0 Å². The van der Waals surface area contributed by atoms with Crippen molar-refractivity contribution in [2.24, 2.45) is 0 Å². The average molecular weight is 147 g/mol. The monoisotopic (exact) mass is 147 g/mol. The molecule has 0 spiro atoms. The van der Waals surface area contributed by atoms with Gasteiger partial charge in [0.1, 0.15) is 0 Å². The van der Waals surface area contributed by atoms with E-state index in [1.165, 1.54) is 0 Å². The van der Waals surface area contributed by atoms with E-state index < -0.39 is 0 Å². The summed E-state index contributed by atoms with van der Waals surface area (Å²) in [5.74, 6) is -0.379. The molecule has 0 heterocycles. The number of aliphatic hydroxyl groups excluding tert-OH is 1. The van der Waals surface area contributed by atoms with Crippen molar-refractivity contribution in [3.8, 4) is 6.07 Å². The first kappa shape index (κ1) is 7.77. The van der Waals surface area contributed by atoms with E-state index in [4.69, 9.17) is 10.4 Å². The summed E-state index contributed by atoms with van der Waals surface area (Å²) in [6.45, 7) is -0.111. The zero-order chi connectivity index (χ0) is 8.10. The summed E-state index contributed by atoms with van der Waals surface area (Å²) < 4.78 is 0. The molecule has 0 radical (unpaired) electrons. The van der Waals surface area contributed by atoms with Gasteiger partial charge < -0.3 is 5.11 Å². The molecule has 0 aliphatic carbocycles. The predicted molar refractivity (Wildman–Crippen MR) is 41.9 cm³/mol. The van der Waals surface area contributed by atoms with Crippen LogP contribution >= 0.6 is 0 Å². The molecule has 0 aliphatic heterocycles. The number of hydrogen-bond donors (Lipinski definition) is 1. The third kappa shape index (κ3) is 1.79. The summed E-state index contributed by atoms with van der Waals surface area (Å²) in [4.78, 5) is 0. The first-order valence-electron chi connectivity index (χ1n) is 3.44. The van der Waals surface area contributed by atoms with Crippen molar-refractivity contribution in [2.75, 3.05) is 6.61 Å². The molecule has 0 fully saturated rings. The van der Waals surface area contributed by atoms with E-state index in [0.29, 0.717) is 0 Å². The van der Waals surface area contributed by atoms with Crippen LogP contribution in [0.25, 0.3) is 0 Å². The molecule has 1 atom stereocenters. The highest BCUT2D eigenvalue weighted by Gasteiger charge is 2.06. The Morgan fingerprint density at radius 3 is 2.45 bits per heavy atom. The SMILES string of the molecule is N#C[C@@H](CO)c1ccccc1. The standard InChI is InChI=1S/C9H9NO/c10-6-9(7-11)8-4-2-1-3-5-8/h1-5,9,11H,7H2/t9-/m0/s1. The Bertz CT molecular complexity index is 250. The lowest BCUT2D eigenvalue weighted by Gasteiger charge is -2.03. The highest BCUT2D eigenvalue weighted by atomic mass is 16.3. The summed E-state index contributed by atoms with van der Waals surface area (Å²) in [5.41, 5.74) is 0.873. The van der Waals surface area contributed by atoms with Crippen LogP contribution in [0.4, 0.5) is 0 Å². The van der Waals surface area contributed by atoms with Gasteiger partial charge in [0.25, 0.3) is 0 Å². The lowest BCUT2D eigenvalue weighted by molar-refractivity contribution is 0.286. The Hall–Kier alpha value is -1.33. The Morgan fingerprint density at radius 1 is 1.36 bits per heavy atom. The summed E-state index contributed by atoms with van der Waals surface area (Å²) >= 11 is 0. The van der Waals surface area contributed by atoms with Crippen LogP contribution in [0.3, 0.4) is 0 Å². The Kier molecular flexibility index (Phi) is 2.65. The van der Waals surface area contributed by atoms with Gasteiger partial charge in [-0.25, -0.2) is 0 Å². The van der Waals surface area contributed by atoms with Crippen molar-refractivity contribution in [3.05, 3.63) is 35.9 Å². The van der Waals surface area contributed by atoms with E-state index in [1.54, 1.807) is 0 Å². The smallest absolute Gasteiger partial charge is 0.0943 e. The van der Waals surface area contributed by atoms with Crippen LogP contribution in [-0.2, 0) is 0 Å². The normalized spacial score (nSPS) is 12.0. The fourth-order valence-corrected chi connectivity index (χ4v) is 0.906. The van der Waals surface area contributed by atoms with Gasteiger partial charge >= 0.3 is 0 Å². The molecule has 1 aromatic carbocycles. The first-order chi connectivity index (χ1) is 5.38. The maximum Gasteiger partial charge on any atom is 0.0943 e. The van der Waals surface area contributed by atoms with Gasteiger partial charge in [0.2, 0.25) is 0 Å². The molecule has 0 aromatic heterocycles. The number of benzene rings is 1. The van der Waals surface area contributed by atoms with Crippen LogP contribution in [-0.4, -0.2) is 11.7 Å². The molecule has 1 N–H and O–H groups in total. The molecular formula is C9H9NO. The van der Waals surface area contributed by atoms with Crippen LogP contribution in [0.5, 0.6) is 0 Å². The van der Waals surface area contributed by atoms with Gasteiger partial charge in [-0.05, 0) is 5.56 Å². The summed E-state index contributed by atoms with van der Waals surface area (Å²) in [7, 11) is 0. The molecule has 1 aromatic rings. The Labute approximate surface area is 65.7 Å². The molecule has 0 saturated carbocycles. The lowest BCUT2D eigenvalue weighted by atomic mass is 10.0. The largest absolute Gasteiger partial charge is 0.395 e. The zero-order valence-electron chi connectivity index (χ0n) is 6.07. The van der Waals surface area contributed by atoms with E-state index in [2.05, 4.69) is 0 Å². The highest BCUT2D eigenvalue weighted by Crippen LogP contribution is 2.12. The fraction of sp³-hybridized carbons (Fsp3) is 0.222. The van der Waals surface area contributed by atoms with E-state index in [9.17, 15) is 0 Å². The Morgan fingerprint density at radius 2 is 2.00 bits per heavy atom. The minimum Gasteiger partial charge on any atom is -0.395 e. The van der Waals surface area contributed by atoms with Gasteiger partial charge in [0.05, 0.1) is 18.6 Å². The van der Waals surface area contributed by atoms with Crippen LogP contribution in [0.2, 0.25) is 0 Å². The van der Waals surface area contributed by atoms with Gasteiger partial charge in [-0.2, -0.15) is 5.26 Å². The van der Waals surface area contributed by atoms with Gasteiger partial charge in [-0.1, -0.05) is 30.3 Å². The first-order valence-corrected chi connectivity index (χ1v) is 3.44. The molecule has 11 heavy (non-hydrogen) atoms. The molecule has 0 saturated heterocycles. The predicted octanol–water partition coefficient (Wildman–Crippen LogP) is 1.29. The molecule has 2 heteroatoms. The Balaban J connectivity index is 2.85. The van der Waals surface area contributed by atoms with Gasteiger partial charge in [-0.15, -0.1) is 0 Å². The van der Waals surface area contributed by atoms with Crippen LogP contribution in [0, 0.1) is 11.3 Å². The number of nitriles is 1. The quantitative estimate of drug-likeness (QED) is 0.684. The molecule has 2 nitrogen and oxygen atoms in total. The third-order valence-corrected chi connectivity index (χ3v) is 1.54. The summed E-state index contributed by atoms with van der Waals surface area (Å²) in [6.07, 6.45) is 0. The maximum atomic E-state index is 8.76. The number of nitrogens with zero attached hydrogens (tertiary/aromatic N) is 1. The molecule has 0 amide bonds. The zero-order valence-corrected chi connectivity index (χ0v) is 6.07. The molecule has 56 valence electrons. The minimum absolute atomic E-state index is 0.111. The van der Waals surface area contributed by atoms with E-state index in [1.807, 2.05) is 36.4 Å². The third-order valence-electron chi connectivity index (χ3n) is 1.54. The number of hydrogen-bond acceptors (Lipinski definition) is 2. The van der Waals surface area contributed by atoms with Crippen LogP contribution in [0.15, 0.2) is 30.3 Å². The topological polar surface area (TPSA) is 44.0 Å². The number of aliphatic hydroxyl groups is 1. The van der Waals surface area contributed by atoms with Gasteiger partial charge in [0.15, 0.2) is 0 Å². The summed E-state index contributed by atoms with van der Waals surface area (Å²) in [5, 5.41) is 17.3.